The van der Waals surface area contributed by atoms with Crippen molar-refractivity contribution in [2.45, 2.75) is 25.3 Å². The number of anilines is 1. The van der Waals surface area contributed by atoms with E-state index >= 15 is 0 Å². The maximum atomic E-state index is 11.9. The van der Waals surface area contributed by atoms with Gasteiger partial charge in [0.1, 0.15) is 12.1 Å². The van der Waals surface area contributed by atoms with Crippen molar-refractivity contribution in [1.29, 1.82) is 0 Å². The van der Waals surface area contributed by atoms with E-state index in [0.717, 1.165) is 30.2 Å². The predicted molar refractivity (Wildman–Crippen MR) is 92.2 cm³/mol. The molecular weight excluding hydrogens is 336 g/mol. The third-order valence-electron chi connectivity index (χ3n) is 4.10. The zero-order valence-electron chi connectivity index (χ0n) is 12.9. The number of nitrogens with one attached hydrogen (secondary N) is 1. The second kappa shape index (κ2) is 6.59. The molecule has 1 unspecified atom stereocenters. The molecule has 23 heavy (non-hydrogen) atoms. The topological polar surface area (TPSA) is 75.2 Å². The van der Waals surface area contributed by atoms with Crippen LogP contribution in [0, 0.1) is 0 Å². The Morgan fingerprint density at radius 2 is 2.17 bits per heavy atom. The molecule has 1 aromatic heterocycles. The fourth-order valence-electron chi connectivity index (χ4n) is 3.00. The summed E-state index contributed by atoms with van der Waals surface area (Å²) < 4.78 is 25.4. The Kier molecular flexibility index (Phi) is 4.70. The molecule has 0 saturated carbocycles. The largest absolute Gasteiger partial charge is 0.368 e. The van der Waals surface area contributed by atoms with Gasteiger partial charge in [-0.1, -0.05) is 18.0 Å². The van der Waals surface area contributed by atoms with E-state index in [-0.39, 0.29) is 6.04 Å². The van der Waals surface area contributed by atoms with Gasteiger partial charge < -0.3 is 5.32 Å². The van der Waals surface area contributed by atoms with Crippen molar-refractivity contribution >= 4 is 38.3 Å². The van der Waals surface area contributed by atoms with Crippen LogP contribution >= 0.6 is 11.6 Å². The van der Waals surface area contributed by atoms with Gasteiger partial charge in [0, 0.05) is 29.5 Å². The highest BCUT2D eigenvalue weighted by atomic mass is 35.5. The van der Waals surface area contributed by atoms with Gasteiger partial charge in [-0.25, -0.2) is 18.4 Å². The molecule has 1 atom stereocenters. The minimum Gasteiger partial charge on any atom is -0.368 e. The molecule has 124 valence electrons. The van der Waals surface area contributed by atoms with Gasteiger partial charge in [-0.15, -0.1) is 0 Å². The molecule has 1 aromatic carbocycles. The number of benzene rings is 1. The first-order valence-corrected chi connectivity index (χ1v) is 9.79. The number of sulfonamides is 1. The monoisotopic (exact) mass is 354 g/mol. The van der Waals surface area contributed by atoms with Crippen LogP contribution in [-0.2, 0) is 10.0 Å². The molecule has 1 N–H and O–H groups in total. The van der Waals surface area contributed by atoms with E-state index in [1.807, 2.05) is 6.07 Å². The van der Waals surface area contributed by atoms with Gasteiger partial charge in [0.15, 0.2) is 0 Å². The summed E-state index contributed by atoms with van der Waals surface area (Å²) in [5.41, 5.74) is 0.763. The summed E-state index contributed by atoms with van der Waals surface area (Å²) >= 11 is 5.98. The molecule has 0 bridgehead atoms. The molecular formula is C15H19ClN4O2S. The highest BCUT2D eigenvalue weighted by molar-refractivity contribution is 7.88. The molecule has 1 aliphatic rings. The highest BCUT2D eigenvalue weighted by Crippen LogP contribution is 2.24. The lowest BCUT2D eigenvalue weighted by atomic mass is 10.1. The van der Waals surface area contributed by atoms with Gasteiger partial charge in [0.25, 0.3) is 0 Å². The maximum absolute atomic E-state index is 11.9. The van der Waals surface area contributed by atoms with Crippen LogP contribution in [0.4, 0.5) is 5.82 Å². The molecule has 0 amide bonds. The second-order valence-corrected chi connectivity index (χ2v) is 8.16. The predicted octanol–water partition coefficient (Wildman–Crippen LogP) is 2.51. The number of halogens is 1. The summed E-state index contributed by atoms with van der Waals surface area (Å²) in [6, 6.07) is 5.40. The van der Waals surface area contributed by atoms with Crippen molar-refractivity contribution in [3.63, 3.8) is 0 Å². The lowest BCUT2D eigenvalue weighted by Gasteiger charge is -2.33. The quantitative estimate of drug-likeness (QED) is 0.913. The summed E-state index contributed by atoms with van der Waals surface area (Å²) in [6.45, 7) is 1.12. The minimum atomic E-state index is -3.18. The van der Waals surface area contributed by atoms with Crippen molar-refractivity contribution in [2.75, 3.05) is 24.7 Å². The maximum Gasteiger partial charge on any atom is 0.211 e. The van der Waals surface area contributed by atoms with Crippen LogP contribution < -0.4 is 5.32 Å². The Hall–Kier alpha value is -1.44. The van der Waals surface area contributed by atoms with Gasteiger partial charge in [0.05, 0.1) is 11.8 Å². The number of piperidine rings is 1. The summed E-state index contributed by atoms with van der Waals surface area (Å²) in [5.74, 6) is 0.700. The van der Waals surface area contributed by atoms with Crippen LogP contribution in [0.1, 0.15) is 19.3 Å². The number of hydrogen-bond donors (Lipinski definition) is 1. The third kappa shape index (κ3) is 3.73. The molecule has 0 radical (unpaired) electrons. The third-order valence-corrected chi connectivity index (χ3v) is 5.67. The van der Waals surface area contributed by atoms with E-state index in [1.165, 1.54) is 12.6 Å². The van der Waals surface area contributed by atoms with E-state index in [0.29, 0.717) is 23.9 Å². The molecule has 1 aliphatic heterocycles. The van der Waals surface area contributed by atoms with Crippen molar-refractivity contribution in [2.24, 2.45) is 0 Å². The van der Waals surface area contributed by atoms with Gasteiger partial charge in [-0.3, -0.25) is 0 Å². The summed E-state index contributed by atoms with van der Waals surface area (Å²) in [7, 11) is -3.18. The second-order valence-electron chi connectivity index (χ2n) is 5.79. The first kappa shape index (κ1) is 16.4. The molecule has 2 heterocycles. The van der Waals surface area contributed by atoms with E-state index in [2.05, 4.69) is 15.3 Å². The molecule has 1 saturated heterocycles. The molecule has 2 aromatic rings. The van der Waals surface area contributed by atoms with Crippen LogP contribution in [-0.4, -0.2) is 48.1 Å². The smallest absolute Gasteiger partial charge is 0.211 e. The Labute approximate surface area is 140 Å². The van der Waals surface area contributed by atoms with Crippen molar-refractivity contribution < 1.29 is 8.42 Å². The molecule has 0 aliphatic carbocycles. The van der Waals surface area contributed by atoms with Crippen LogP contribution in [0.25, 0.3) is 10.9 Å². The van der Waals surface area contributed by atoms with Gasteiger partial charge in [0.2, 0.25) is 10.0 Å². The average molecular weight is 355 g/mol. The summed E-state index contributed by atoms with van der Waals surface area (Å²) in [6.07, 6.45) is 5.56. The Balaban J connectivity index is 1.80. The standard InChI is InChI=1S/C15H19ClN4O2S/c1-23(21,22)20-7-3-2-4-12(20)9-17-15-13-6-5-11(16)8-14(13)18-10-19-15/h5-6,8,10,12H,2-4,7,9H2,1H3,(H,17,18,19). The Morgan fingerprint density at radius 3 is 2.96 bits per heavy atom. The van der Waals surface area contributed by atoms with Gasteiger partial charge >= 0.3 is 0 Å². The SMILES string of the molecule is CS(=O)(=O)N1CCCCC1CNc1ncnc2cc(Cl)ccc12. The summed E-state index contributed by atoms with van der Waals surface area (Å²) in [4.78, 5) is 8.48. The van der Waals surface area contributed by atoms with E-state index in [9.17, 15) is 8.42 Å². The number of aromatic nitrogens is 2. The zero-order chi connectivity index (χ0) is 16.4. The normalized spacial score (nSPS) is 19.8. The van der Waals surface area contributed by atoms with Crippen molar-refractivity contribution in [3.8, 4) is 0 Å². The minimum absolute atomic E-state index is 0.0453. The first-order chi connectivity index (χ1) is 10.9. The van der Waals surface area contributed by atoms with Crippen molar-refractivity contribution in [3.05, 3.63) is 29.5 Å². The number of rotatable bonds is 4. The molecule has 3 rings (SSSR count). The molecule has 0 spiro atoms. The Morgan fingerprint density at radius 1 is 1.35 bits per heavy atom. The molecule has 6 nitrogen and oxygen atoms in total. The first-order valence-electron chi connectivity index (χ1n) is 7.56. The summed E-state index contributed by atoms with van der Waals surface area (Å²) in [5, 5.41) is 4.78. The fraction of sp³-hybridized carbons (Fsp3) is 0.467. The lowest BCUT2D eigenvalue weighted by molar-refractivity contribution is 0.263. The van der Waals surface area contributed by atoms with E-state index in [1.54, 1.807) is 16.4 Å². The van der Waals surface area contributed by atoms with Crippen LogP contribution in [0.15, 0.2) is 24.5 Å². The highest BCUT2D eigenvalue weighted by Gasteiger charge is 2.29. The van der Waals surface area contributed by atoms with Crippen molar-refractivity contribution in [1.82, 2.24) is 14.3 Å². The molecule has 8 heteroatoms. The fourth-order valence-corrected chi connectivity index (χ4v) is 4.35. The van der Waals surface area contributed by atoms with Gasteiger partial charge in [-0.2, -0.15) is 4.31 Å². The van der Waals surface area contributed by atoms with Crippen LogP contribution in [0.3, 0.4) is 0 Å². The van der Waals surface area contributed by atoms with Gasteiger partial charge in [-0.05, 0) is 31.0 Å². The number of fused-ring (bicyclic) bond motifs is 1. The van der Waals surface area contributed by atoms with E-state index < -0.39 is 10.0 Å². The van der Waals surface area contributed by atoms with E-state index in [4.69, 9.17) is 11.6 Å². The van der Waals surface area contributed by atoms with Crippen LogP contribution in [0.2, 0.25) is 5.02 Å². The Bertz CT molecular complexity index is 812. The zero-order valence-corrected chi connectivity index (χ0v) is 14.4. The average Bonchev–Trinajstić information content (AvgIpc) is 2.52. The van der Waals surface area contributed by atoms with Crippen LogP contribution in [0.5, 0.6) is 0 Å². The number of hydrogen-bond acceptors (Lipinski definition) is 5. The lowest BCUT2D eigenvalue weighted by Crippen LogP contribution is -2.46. The number of nitrogens with zero attached hydrogens (tertiary/aromatic N) is 3. The molecule has 1 fully saturated rings.